The van der Waals surface area contributed by atoms with Gasteiger partial charge in [-0.25, -0.2) is 18.4 Å². The second-order valence-electron chi connectivity index (χ2n) is 12.4. The number of nitrogens with zero attached hydrogens (tertiary/aromatic N) is 1. The van der Waals surface area contributed by atoms with Crippen molar-refractivity contribution in [3.05, 3.63) is 58.9 Å². The van der Waals surface area contributed by atoms with Gasteiger partial charge in [0.2, 0.25) is 11.8 Å². The van der Waals surface area contributed by atoms with Crippen LogP contribution in [0.1, 0.15) is 78.9 Å². The molecule has 0 radical (unpaired) electrons. The van der Waals surface area contributed by atoms with E-state index in [1.807, 2.05) is 5.92 Å². The molecule has 2 atom stereocenters. The van der Waals surface area contributed by atoms with Gasteiger partial charge in [0.15, 0.2) is 11.6 Å². The minimum Gasteiger partial charge on any atom is -0.444 e. The molecule has 4 N–H and O–H groups in total. The Balaban J connectivity index is 2.11. The van der Waals surface area contributed by atoms with Crippen LogP contribution in [0.25, 0.3) is 0 Å². The molecular weight excluding hydrogens is 626 g/mol. The Bertz CT molecular complexity index is 1490. The molecule has 2 unspecified atom stereocenters. The molecule has 0 aliphatic rings. The molecule has 2 aromatic rings. The second-order valence-corrected chi connectivity index (χ2v) is 12.4. The second kappa shape index (κ2) is 16.6. The van der Waals surface area contributed by atoms with Gasteiger partial charge in [0.05, 0.1) is 0 Å². The fourth-order valence-corrected chi connectivity index (χ4v) is 3.69. The van der Waals surface area contributed by atoms with Crippen LogP contribution in [0.15, 0.2) is 24.3 Å². The van der Waals surface area contributed by atoms with Crippen LogP contribution in [0.5, 0.6) is 0 Å². The summed E-state index contributed by atoms with van der Waals surface area (Å²) in [4.78, 5) is 52.6. The fraction of sp³-hybridized carbons (Fsp3) is 0.469. The summed E-state index contributed by atoms with van der Waals surface area (Å²) in [6.07, 6.45) is -0.399. The molecule has 0 saturated carbocycles. The first kappa shape index (κ1) is 38.3. The molecule has 11 nitrogen and oxygen atoms in total. The zero-order valence-electron chi connectivity index (χ0n) is 27.2. The Morgan fingerprint density at radius 2 is 1.34 bits per heavy atom. The third-order valence-corrected chi connectivity index (χ3v) is 5.83. The summed E-state index contributed by atoms with van der Waals surface area (Å²) in [5.74, 6) is -3.96. The van der Waals surface area contributed by atoms with Gasteiger partial charge in [-0.15, -0.1) is 0 Å². The van der Waals surface area contributed by atoms with Gasteiger partial charge in [0.1, 0.15) is 28.8 Å². The van der Waals surface area contributed by atoms with Crippen LogP contribution in [0.2, 0.25) is 0 Å². The number of unbranched alkanes of at least 4 members (excludes halogenated alkanes) is 1. The standard InChI is InChI=1S/C32H39F4N5O6/c1-18(38-30(45)47-32(5,6)7)27(42)40-22(10-8-9-17-37-29(44)46-31(2,3)4)28(43)39-20-14-11-19(12-15-20)13-16-21-23(33)25(35)41-26(36)24(21)34/h11-12,14-15,18,22H,8-10,17H2,1-7H3,(H,37,44)(H,38,45)(H,39,43)(H,40,42). The molecule has 1 aromatic heterocycles. The Hall–Kier alpha value is -4.87. The third kappa shape index (κ3) is 13.6. The van der Waals surface area contributed by atoms with E-state index in [4.69, 9.17) is 9.47 Å². The molecule has 4 amide bonds. The van der Waals surface area contributed by atoms with Gasteiger partial charge in [-0.1, -0.05) is 11.8 Å². The van der Waals surface area contributed by atoms with Crippen molar-refractivity contribution >= 4 is 29.7 Å². The maximum atomic E-state index is 13.8. The monoisotopic (exact) mass is 665 g/mol. The number of rotatable bonds is 10. The van der Waals surface area contributed by atoms with E-state index in [-0.39, 0.29) is 24.2 Å². The largest absolute Gasteiger partial charge is 0.444 e. The predicted molar refractivity (Wildman–Crippen MR) is 164 cm³/mol. The number of halogens is 4. The molecule has 47 heavy (non-hydrogen) atoms. The molecule has 15 heteroatoms. The van der Waals surface area contributed by atoms with Crippen molar-refractivity contribution < 1.29 is 46.2 Å². The van der Waals surface area contributed by atoms with Crippen LogP contribution in [0.3, 0.4) is 0 Å². The van der Waals surface area contributed by atoms with E-state index < -0.39 is 76.4 Å². The summed E-state index contributed by atoms with van der Waals surface area (Å²) >= 11 is 0. The van der Waals surface area contributed by atoms with Crippen molar-refractivity contribution in [1.29, 1.82) is 0 Å². The quantitative estimate of drug-likeness (QED) is 0.120. The lowest BCUT2D eigenvalue weighted by molar-refractivity contribution is -0.127. The van der Waals surface area contributed by atoms with Crippen LogP contribution in [0, 0.1) is 35.4 Å². The van der Waals surface area contributed by atoms with Gasteiger partial charge in [0, 0.05) is 17.8 Å². The van der Waals surface area contributed by atoms with Gasteiger partial charge >= 0.3 is 12.2 Å². The molecule has 256 valence electrons. The average molecular weight is 666 g/mol. The first-order chi connectivity index (χ1) is 21.8. The Morgan fingerprint density at radius 3 is 1.89 bits per heavy atom. The van der Waals surface area contributed by atoms with E-state index in [1.54, 1.807) is 41.5 Å². The van der Waals surface area contributed by atoms with Gasteiger partial charge < -0.3 is 30.7 Å². The van der Waals surface area contributed by atoms with Crippen LogP contribution in [-0.2, 0) is 19.1 Å². The molecule has 0 spiro atoms. The number of carbonyl (C=O) groups is 4. The summed E-state index contributed by atoms with van der Waals surface area (Å²) in [6.45, 7) is 11.9. The summed E-state index contributed by atoms with van der Waals surface area (Å²) in [5.41, 5.74) is -2.12. The number of pyridine rings is 1. The number of benzene rings is 1. The van der Waals surface area contributed by atoms with Gasteiger partial charge in [-0.3, -0.25) is 9.59 Å². The van der Waals surface area contributed by atoms with Crippen LogP contribution in [0.4, 0.5) is 32.8 Å². The minimum absolute atomic E-state index is 0.159. The van der Waals surface area contributed by atoms with Crippen molar-refractivity contribution in [3.8, 4) is 11.8 Å². The fourth-order valence-electron chi connectivity index (χ4n) is 3.69. The lowest BCUT2D eigenvalue weighted by atomic mass is 10.1. The maximum Gasteiger partial charge on any atom is 0.408 e. The summed E-state index contributed by atoms with van der Waals surface area (Å²) in [7, 11) is 0. The normalized spacial score (nSPS) is 12.5. The SMILES string of the molecule is CC(NC(=O)OC(C)(C)C)C(=O)NC(CCCCNC(=O)OC(C)(C)C)C(=O)Nc1ccc(C#Cc2c(F)c(F)nc(F)c2F)cc1. The van der Waals surface area contributed by atoms with Crippen LogP contribution < -0.4 is 21.3 Å². The molecule has 1 aromatic carbocycles. The number of hydrogen-bond donors (Lipinski definition) is 4. The van der Waals surface area contributed by atoms with E-state index in [0.717, 1.165) is 0 Å². The highest BCUT2D eigenvalue weighted by Crippen LogP contribution is 2.17. The summed E-state index contributed by atoms with van der Waals surface area (Å²) in [6, 6.07) is 3.49. The molecule has 0 fully saturated rings. The number of aromatic nitrogens is 1. The number of hydrogen-bond acceptors (Lipinski definition) is 7. The molecule has 1 heterocycles. The minimum atomic E-state index is -1.83. The predicted octanol–water partition coefficient (Wildman–Crippen LogP) is 5.07. The molecule has 0 saturated heterocycles. The average Bonchev–Trinajstić information content (AvgIpc) is 2.94. The molecular formula is C32H39F4N5O6. The van der Waals surface area contributed by atoms with Crippen LogP contribution >= 0.6 is 0 Å². The third-order valence-electron chi connectivity index (χ3n) is 5.83. The van der Waals surface area contributed by atoms with E-state index in [9.17, 15) is 36.7 Å². The zero-order valence-corrected chi connectivity index (χ0v) is 27.2. The number of amides is 4. The number of alkyl carbamates (subject to hydrolysis) is 2. The zero-order chi connectivity index (χ0) is 35.5. The van der Waals surface area contributed by atoms with Gasteiger partial charge in [-0.05, 0) is 92.0 Å². The smallest absolute Gasteiger partial charge is 0.408 e. The van der Waals surface area contributed by atoms with E-state index in [2.05, 4.69) is 32.2 Å². The highest BCUT2D eigenvalue weighted by atomic mass is 19.2. The van der Waals surface area contributed by atoms with E-state index >= 15 is 0 Å². The number of ether oxygens (including phenoxy) is 2. The first-order valence-corrected chi connectivity index (χ1v) is 14.7. The van der Waals surface area contributed by atoms with E-state index in [0.29, 0.717) is 12.8 Å². The molecule has 2 rings (SSSR count). The first-order valence-electron chi connectivity index (χ1n) is 14.7. The Labute approximate surface area is 270 Å². The summed E-state index contributed by atoms with van der Waals surface area (Å²) in [5, 5.41) is 10.3. The molecule has 0 aliphatic heterocycles. The van der Waals surface area contributed by atoms with Crippen molar-refractivity contribution in [3.63, 3.8) is 0 Å². The topological polar surface area (TPSA) is 148 Å². The highest BCUT2D eigenvalue weighted by Gasteiger charge is 2.26. The van der Waals surface area contributed by atoms with Crippen molar-refractivity contribution in [2.75, 3.05) is 11.9 Å². The van der Waals surface area contributed by atoms with Crippen LogP contribution in [-0.4, -0.2) is 58.8 Å². The lowest BCUT2D eigenvalue weighted by Crippen LogP contribution is -2.52. The number of nitrogens with one attached hydrogen (secondary N) is 4. The van der Waals surface area contributed by atoms with Crippen molar-refractivity contribution in [1.82, 2.24) is 20.9 Å². The van der Waals surface area contributed by atoms with Gasteiger partial charge in [-0.2, -0.15) is 13.8 Å². The van der Waals surface area contributed by atoms with Gasteiger partial charge in [0.25, 0.3) is 11.9 Å². The maximum absolute atomic E-state index is 13.8. The molecule has 0 bridgehead atoms. The Kier molecular flexibility index (Phi) is 13.5. The lowest BCUT2D eigenvalue weighted by Gasteiger charge is -2.23. The summed E-state index contributed by atoms with van der Waals surface area (Å²) < 4.78 is 64.8. The highest BCUT2D eigenvalue weighted by molar-refractivity contribution is 5.98. The number of carbonyl (C=O) groups excluding carboxylic acids is 4. The number of anilines is 1. The Morgan fingerprint density at radius 1 is 0.787 bits per heavy atom. The molecule has 0 aliphatic carbocycles. The van der Waals surface area contributed by atoms with E-state index in [1.165, 1.54) is 31.2 Å². The van der Waals surface area contributed by atoms with Crippen molar-refractivity contribution in [2.24, 2.45) is 0 Å². The van der Waals surface area contributed by atoms with Crippen molar-refractivity contribution in [2.45, 2.75) is 91.0 Å².